The Kier molecular flexibility index (Phi) is 9.58. The first-order valence-corrected chi connectivity index (χ1v) is 9.65. The van der Waals surface area contributed by atoms with Crippen molar-refractivity contribution in [2.75, 3.05) is 6.61 Å². The zero-order valence-electron chi connectivity index (χ0n) is 15.1. The SMILES string of the molecule is C=C(NC(C)C)C(S)CC1CCCC(OCCCC(C)C)C1. The molecule has 0 saturated heterocycles. The summed E-state index contributed by atoms with van der Waals surface area (Å²) in [6, 6.07) is 0.436. The number of ether oxygens (including phenoxy) is 1. The van der Waals surface area contributed by atoms with E-state index in [1.807, 2.05) is 0 Å². The fourth-order valence-corrected chi connectivity index (χ4v) is 3.65. The highest BCUT2D eigenvalue weighted by Crippen LogP contribution is 2.32. The van der Waals surface area contributed by atoms with Crippen LogP contribution in [-0.2, 0) is 4.74 Å². The molecule has 0 aliphatic heterocycles. The molecule has 0 aromatic rings. The third-order valence-electron chi connectivity index (χ3n) is 4.45. The number of hydrogen-bond acceptors (Lipinski definition) is 3. The summed E-state index contributed by atoms with van der Waals surface area (Å²) in [6.45, 7) is 13.9. The van der Waals surface area contributed by atoms with Crippen molar-refractivity contribution in [2.45, 2.75) is 90.0 Å². The topological polar surface area (TPSA) is 21.3 Å². The predicted octanol–water partition coefficient (Wildman–Crippen LogP) is 5.20. The van der Waals surface area contributed by atoms with Gasteiger partial charge in [0.25, 0.3) is 0 Å². The monoisotopic (exact) mass is 327 g/mol. The summed E-state index contributed by atoms with van der Waals surface area (Å²) >= 11 is 4.74. The molecule has 130 valence electrons. The van der Waals surface area contributed by atoms with Gasteiger partial charge in [0, 0.05) is 23.6 Å². The molecule has 22 heavy (non-hydrogen) atoms. The lowest BCUT2D eigenvalue weighted by Crippen LogP contribution is -2.30. The summed E-state index contributed by atoms with van der Waals surface area (Å²) < 4.78 is 6.11. The number of rotatable bonds is 10. The Morgan fingerprint density at radius 3 is 2.64 bits per heavy atom. The second-order valence-electron chi connectivity index (χ2n) is 7.64. The van der Waals surface area contributed by atoms with Crippen LogP contribution in [0.2, 0.25) is 0 Å². The fourth-order valence-electron chi connectivity index (χ4n) is 3.27. The average Bonchev–Trinajstić information content (AvgIpc) is 2.43. The Bertz CT molecular complexity index is 317. The minimum Gasteiger partial charge on any atom is -0.386 e. The van der Waals surface area contributed by atoms with Gasteiger partial charge in [-0.2, -0.15) is 12.6 Å². The summed E-state index contributed by atoms with van der Waals surface area (Å²) in [7, 11) is 0. The molecule has 3 heteroatoms. The maximum atomic E-state index is 6.11. The van der Waals surface area contributed by atoms with E-state index in [9.17, 15) is 0 Å². The third-order valence-corrected chi connectivity index (χ3v) is 4.97. The number of nitrogens with one attached hydrogen (secondary N) is 1. The van der Waals surface area contributed by atoms with Crippen LogP contribution in [0.15, 0.2) is 12.3 Å². The lowest BCUT2D eigenvalue weighted by atomic mass is 9.84. The van der Waals surface area contributed by atoms with Crippen molar-refractivity contribution >= 4 is 12.6 Å². The second kappa shape index (κ2) is 10.6. The molecule has 3 unspecified atom stereocenters. The van der Waals surface area contributed by atoms with Crippen molar-refractivity contribution in [3.8, 4) is 0 Å². The Hall–Kier alpha value is -0.150. The highest BCUT2D eigenvalue weighted by Gasteiger charge is 2.25. The third kappa shape index (κ3) is 8.47. The molecule has 1 rings (SSSR count). The van der Waals surface area contributed by atoms with Crippen molar-refractivity contribution in [1.29, 1.82) is 0 Å². The minimum absolute atomic E-state index is 0.257. The molecule has 1 fully saturated rings. The highest BCUT2D eigenvalue weighted by atomic mass is 32.1. The van der Waals surface area contributed by atoms with Gasteiger partial charge in [-0.25, -0.2) is 0 Å². The van der Waals surface area contributed by atoms with Crippen molar-refractivity contribution in [3.05, 3.63) is 12.3 Å². The van der Waals surface area contributed by atoms with Crippen LogP contribution in [0, 0.1) is 11.8 Å². The van der Waals surface area contributed by atoms with Crippen LogP contribution in [0.5, 0.6) is 0 Å². The molecular weight excluding hydrogens is 290 g/mol. The molecule has 0 aromatic heterocycles. The first-order chi connectivity index (χ1) is 10.4. The molecule has 1 aliphatic rings. The smallest absolute Gasteiger partial charge is 0.0577 e. The van der Waals surface area contributed by atoms with Crippen LogP contribution >= 0.6 is 12.6 Å². The zero-order valence-corrected chi connectivity index (χ0v) is 16.0. The van der Waals surface area contributed by atoms with Gasteiger partial charge in [-0.1, -0.05) is 33.3 Å². The van der Waals surface area contributed by atoms with Gasteiger partial charge >= 0.3 is 0 Å². The van der Waals surface area contributed by atoms with E-state index in [2.05, 4.69) is 39.6 Å². The molecule has 0 spiro atoms. The standard InChI is InChI=1S/C19H37NOS/c1-14(2)8-7-11-21-18-10-6-9-17(12-18)13-19(22)16(5)20-15(3)4/h14-15,17-20,22H,5-13H2,1-4H3. The Morgan fingerprint density at radius 2 is 2.00 bits per heavy atom. The van der Waals surface area contributed by atoms with E-state index >= 15 is 0 Å². The number of thiol groups is 1. The first-order valence-electron chi connectivity index (χ1n) is 9.13. The zero-order chi connectivity index (χ0) is 16.5. The number of hydrogen-bond donors (Lipinski definition) is 2. The van der Waals surface area contributed by atoms with Crippen LogP contribution in [0.25, 0.3) is 0 Å². The molecule has 1 saturated carbocycles. The van der Waals surface area contributed by atoms with E-state index in [1.165, 1.54) is 38.5 Å². The predicted molar refractivity (Wildman–Crippen MR) is 101 cm³/mol. The van der Waals surface area contributed by atoms with Crippen LogP contribution in [-0.4, -0.2) is 24.0 Å². The summed E-state index contributed by atoms with van der Waals surface area (Å²) in [5.41, 5.74) is 1.07. The van der Waals surface area contributed by atoms with Gasteiger partial charge in [0.1, 0.15) is 0 Å². The summed E-state index contributed by atoms with van der Waals surface area (Å²) in [6.07, 6.45) is 9.11. The van der Waals surface area contributed by atoms with Crippen LogP contribution in [0.3, 0.4) is 0 Å². The maximum Gasteiger partial charge on any atom is 0.0577 e. The second-order valence-corrected chi connectivity index (χ2v) is 8.26. The van der Waals surface area contributed by atoms with Gasteiger partial charge < -0.3 is 10.1 Å². The van der Waals surface area contributed by atoms with E-state index < -0.39 is 0 Å². The van der Waals surface area contributed by atoms with Crippen molar-refractivity contribution in [3.63, 3.8) is 0 Å². The average molecular weight is 328 g/mol. The maximum absolute atomic E-state index is 6.11. The molecule has 0 radical (unpaired) electrons. The van der Waals surface area contributed by atoms with E-state index in [-0.39, 0.29) is 5.25 Å². The lowest BCUT2D eigenvalue weighted by Gasteiger charge is -2.31. The van der Waals surface area contributed by atoms with Crippen LogP contribution in [0.4, 0.5) is 0 Å². The quantitative estimate of drug-likeness (QED) is 0.425. The Balaban J connectivity index is 2.26. The van der Waals surface area contributed by atoms with E-state index in [0.29, 0.717) is 12.1 Å². The Labute approximate surface area is 143 Å². The molecule has 0 heterocycles. The van der Waals surface area contributed by atoms with Gasteiger partial charge in [-0.15, -0.1) is 0 Å². The molecule has 1 N–H and O–H groups in total. The summed E-state index contributed by atoms with van der Waals surface area (Å²) in [5, 5.41) is 3.65. The lowest BCUT2D eigenvalue weighted by molar-refractivity contribution is 0.00943. The molecule has 1 aliphatic carbocycles. The van der Waals surface area contributed by atoms with Gasteiger partial charge in [0.15, 0.2) is 0 Å². The molecular formula is C19H37NOS. The van der Waals surface area contributed by atoms with Gasteiger partial charge in [-0.05, 0) is 57.8 Å². The molecule has 0 bridgehead atoms. The van der Waals surface area contributed by atoms with Gasteiger partial charge in [0.05, 0.1) is 6.10 Å². The molecule has 2 nitrogen and oxygen atoms in total. The van der Waals surface area contributed by atoms with Gasteiger partial charge in [-0.3, -0.25) is 0 Å². The molecule has 0 aromatic carbocycles. The summed E-state index contributed by atoms with van der Waals surface area (Å²) in [4.78, 5) is 0. The van der Waals surface area contributed by atoms with Crippen LogP contribution < -0.4 is 5.32 Å². The van der Waals surface area contributed by atoms with Crippen LogP contribution in [0.1, 0.15) is 72.6 Å². The highest BCUT2D eigenvalue weighted by molar-refractivity contribution is 7.81. The fraction of sp³-hybridized carbons (Fsp3) is 0.895. The van der Waals surface area contributed by atoms with E-state index in [4.69, 9.17) is 17.4 Å². The molecule has 3 atom stereocenters. The normalized spacial score (nSPS) is 23.8. The van der Waals surface area contributed by atoms with Crippen molar-refractivity contribution < 1.29 is 4.74 Å². The first kappa shape index (κ1) is 19.9. The Morgan fingerprint density at radius 1 is 1.27 bits per heavy atom. The van der Waals surface area contributed by atoms with E-state index in [1.54, 1.807) is 0 Å². The summed E-state index contributed by atoms with van der Waals surface area (Å²) in [5.74, 6) is 1.52. The molecule has 0 amide bonds. The van der Waals surface area contributed by atoms with Crippen molar-refractivity contribution in [1.82, 2.24) is 5.32 Å². The van der Waals surface area contributed by atoms with E-state index in [0.717, 1.165) is 30.6 Å². The largest absolute Gasteiger partial charge is 0.386 e. The van der Waals surface area contributed by atoms with Gasteiger partial charge in [0.2, 0.25) is 0 Å². The minimum atomic E-state index is 0.257. The van der Waals surface area contributed by atoms with Crippen molar-refractivity contribution in [2.24, 2.45) is 11.8 Å².